The Morgan fingerprint density at radius 3 is 2.57 bits per heavy atom. The lowest BCUT2D eigenvalue weighted by Crippen LogP contribution is -2.47. The molecular weight excluding hydrogens is 172 g/mol. The number of nitrogens with one attached hydrogen (secondary N) is 1. The summed E-state index contributed by atoms with van der Waals surface area (Å²) in [5.74, 6) is 0.271. The van der Waals surface area contributed by atoms with Gasteiger partial charge in [0.15, 0.2) is 0 Å². The van der Waals surface area contributed by atoms with Gasteiger partial charge in [0.2, 0.25) is 0 Å². The molecule has 0 amide bonds. The van der Waals surface area contributed by atoms with Crippen LogP contribution in [0.15, 0.2) is 0 Å². The lowest BCUT2D eigenvalue weighted by molar-refractivity contribution is 0.296. The second kappa shape index (κ2) is 3.90. The van der Waals surface area contributed by atoms with Crippen molar-refractivity contribution in [1.29, 1.82) is 5.26 Å². The summed E-state index contributed by atoms with van der Waals surface area (Å²) in [5, 5.41) is 12.7. The fourth-order valence-electron chi connectivity index (χ4n) is 3.03. The highest BCUT2D eigenvalue weighted by Gasteiger charge is 2.35. The van der Waals surface area contributed by atoms with E-state index in [0.717, 1.165) is 6.42 Å². The molecule has 14 heavy (non-hydrogen) atoms. The van der Waals surface area contributed by atoms with Crippen LogP contribution in [0.5, 0.6) is 0 Å². The molecule has 2 atom stereocenters. The van der Waals surface area contributed by atoms with Gasteiger partial charge in [-0.25, -0.2) is 0 Å². The van der Waals surface area contributed by atoms with Crippen LogP contribution < -0.4 is 5.32 Å². The molecule has 0 aliphatic heterocycles. The molecule has 2 unspecified atom stereocenters. The molecule has 78 valence electrons. The smallest absolute Gasteiger partial charge is 0.0672 e. The zero-order chi connectivity index (χ0) is 10.0. The molecule has 0 aromatic carbocycles. The Hall–Kier alpha value is -0.550. The third-order valence-electron chi connectivity index (χ3n) is 3.92. The van der Waals surface area contributed by atoms with Gasteiger partial charge in [0.1, 0.15) is 0 Å². The van der Waals surface area contributed by atoms with E-state index in [0.29, 0.717) is 11.6 Å². The first-order chi connectivity index (χ1) is 6.73. The number of nitrogens with zero attached hydrogens (tertiary/aromatic N) is 1. The van der Waals surface area contributed by atoms with Gasteiger partial charge in [-0.3, -0.25) is 0 Å². The molecule has 2 heteroatoms. The maximum absolute atomic E-state index is 9.00. The van der Waals surface area contributed by atoms with Crippen molar-refractivity contribution in [3.63, 3.8) is 0 Å². The first kappa shape index (κ1) is 9.98. The standard InChI is InChI=1S/C12H20N2/c1-12(7-2-3-8-12)14-11-6-4-5-10(11)9-13/h10-11,14H,2-8H2,1H3. The van der Waals surface area contributed by atoms with E-state index in [1.807, 2.05) is 0 Å². The Kier molecular flexibility index (Phi) is 2.78. The van der Waals surface area contributed by atoms with Crippen LogP contribution in [0.2, 0.25) is 0 Å². The van der Waals surface area contributed by atoms with Crippen molar-refractivity contribution in [2.45, 2.75) is 63.5 Å². The second-order valence-corrected chi connectivity index (χ2v) is 5.19. The summed E-state index contributed by atoms with van der Waals surface area (Å²) in [6.07, 6.45) is 8.83. The van der Waals surface area contributed by atoms with Gasteiger partial charge >= 0.3 is 0 Å². The van der Waals surface area contributed by atoms with Gasteiger partial charge in [0, 0.05) is 11.6 Å². The molecule has 2 aliphatic carbocycles. The molecule has 0 radical (unpaired) electrons. The van der Waals surface area contributed by atoms with Gasteiger partial charge in [-0.05, 0) is 32.6 Å². The van der Waals surface area contributed by atoms with Gasteiger partial charge in [0.25, 0.3) is 0 Å². The molecule has 0 aromatic rings. The van der Waals surface area contributed by atoms with Gasteiger partial charge in [0.05, 0.1) is 12.0 Å². The van der Waals surface area contributed by atoms with Crippen LogP contribution in [0.1, 0.15) is 51.9 Å². The lowest BCUT2D eigenvalue weighted by Gasteiger charge is -2.30. The third-order valence-corrected chi connectivity index (χ3v) is 3.92. The van der Waals surface area contributed by atoms with E-state index >= 15 is 0 Å². The summed E-state index contributed by atoms with van der Waals surface area (Å²) in [4.78, 5) is 0. The maximum Gasteiger partial charge on any atom is 0.0672 e. The van der Waals surface area contributed by atoms with Crippen LogP contribution in [0.3, 0.4) is 0 Å². The average molecular weight is 192 g/mol. The number of nitriles is 1. The van der Waals surface area contributed by atoms with E-state index in [2.05, 4.69) is 18.3 Å². The molecule has 0 bridgehead atoms. The molecule has 0 spiro atoms. The van der Waals surface area contributed by atoms with Crippen LogP contribution in [0.4, 0.5) is 0 Å². The minimum Gasteiger partial charge on any atom is -0.307 e. The first-order valence-corrected chi connectivity index (χ1v) is 5.91. The molecule has 0 saturated heterocycles. The van der Waals surface area contributed by atoms with E-state index in [-0.39, 0.29) is 5.92 Å². The molecule has 2 saturated carbocycles. The average Bonchev–Trinajstić information content (AvgIpc) is 2.75. The number of hydrogen-bond donors (Lipinski definition) is 1. The quantitative estimate of drug-likeness (QED) is 0.730. The summed E-state index contributed by atoms with van der Waals surface area (Å²) in [7, 11) is 0. The summed E-state index contributed by atoms with van der Waals surface area (Å²) >= 11 is 0. The van der Waals surface area contributed by atoms with Gasteiger partial charge in [-0.1, -0.05) is 19.3 Å². The molecule has 2 rings (SSSR count). The predicted octanol–water partition coefficient (Wildman–Crippen LogP) is 2.60. The Balaban J connectivity index is 1.93. The topological polar surface area (TPSA) is 35.8 Å². The fourth-order valence-corrected chi connectivity index (χ4v) is 3.03. The summed E-state index contributed by atoms with van der Waals surface area (Å²) in [5.41, 5.74) is 0.337. The van der Waals surface area contributed by atoms with E-state index in [1.165, 1.54) is 38.5 Å². The molecule has 2 fully saturated rings. The van der Waals surface area contributed by atoms with E-state index in [4.69, 9.17) is 5.26 Å². The molecule has 1 N–H and O–H groups in total. The summed E-state index contributed by atoms with van der Waals surface area (Å²) in [6.45, 7) is 2.33. The van der Waals surface area contributed by atoms with Crippen molar-refractivity contribution < 1.29 is 0 Å². The van der Waals surface area contributed by atoms with Crippen molar-refractivity contribution in [3.8, 4) is 6.07 Å². The molecule has 0 aromatic heterocycles. The lowest BCUT2D eigenvalue weighted by atomic mass is 9.96. The van der Waals surface area contributed by atoms with Crippen LogP contribution >= 0.6 is 0 Å². The number of hydrogen-bond acceptors (Lipinski definition) is 2. The van der Waals surface area contributed by atoms with Crippen molar-refractivity contribution in [2.24, 2.45) is 5.92 Å². The highest BCUT2D eigenvalue weighted by Crippen LogP contribution is 2.33. The van der Waals surface area contributed by atoms with Gasteiger partial charge < -0.3 is 5.32 Å². The van der Waals surface area contributed by atoms with Gasteiger partial charge in [-0.2, -0.15) is 5.26 Å². The minimum absolute atomic E-state index is 0.271. The number of rotatable bonds is 2. The monoisotopic (exact) mass is 192 g/mol. The van der Waals surface area contributed by atoms with Crippen molar-refractivity contribution in [2.75, 3.05) is 0 Å². The second-order valence-electron chi connectivity index (χ2n) is 5.19. The normalized spacial score (nSPS) is 35.7. The summed E-state index contributed by atoms with van der Waals surface area (Å²) in [6, 6.07) is 2.92. The Bertz CT molecular complexity index is 235. The van der Waals surface area contributed by atoms with Crippen LogP contribution in [-0.2, 0) is 0 Å². The maximum atomic E-state index is 9.00. The Labute approximate surface area is 86.7 Å². The Morgan fingerprint density at radius 2 is 1.93 bits per heavy atom. The van der Waals surface area contributed by atoms with Crippen LogP contribution in [0.25, 0.3) is 0 Å². The van der Waals surface area contributed by atoms with Crippen LogP contribution in [0, 0.1) is 17.2 Å². The molecular formula is C12H20N2. The van der Waals surface area contributed by atoms with E-state index in [1.54, 1.807) is 0 Å². The molecule has 2 nitrogen and oxygen atoms in total. The van der Waals surface area contributed by atoms with E-state index < -0.39 is 0 Å². The summed E-state index contributed by atoms with van der Waals surface area (Å²) < 4.78 is 0. The minimum atomic E-state index is 0.271. The van der Waals surface area contributed by atoms with Crippen molar-refractivity contribution in [3.05, 3.63) is 0 Å². The van der Waals surface area contributed by atoms with Crippen LogP contribution in [-0.4, -0.2) is 11.6 Å². The van der Waals surface area contributed by atoms with Gasteiger partial charge in [-0.15, -0.1) is 0 Å². The highest BCUT2D eigenvalue weighted by atomic mass is 15.0. The third kappa shape index (κ3) is 1.93. The van der Waals surface area contributed by atoms with E-state index in [9.17, 15) is 0 Å². The zero-order valence-corrected chi connectivity index (χ0v) is 9.05. The predicted molar refractivity (Wildman–Crippen MR) is 56.8 cm³/mol. The SMILES string of the molecule is CC1(NC2CCCC2C#N)CCCC1. The zero-order valence-electron chi connectivity index (χ0n) is 9.05. The Morgan fingerprint density at radius 1 is 1.21 bits per heavy atom. The highest BCUT2D eigenvalue weighted by molar-refractivity contribution is 5.01. The molecule has 2 aliphatic rings. The fraction of sp³-hybridized carbons (Fsp3) is 0.917. The van der Waals surface area contributed by atoms with Crippen molar-refractivity contribution in [1.82, 2.24) is 5.32 Å². The molecule has 0 heterocycles. The first-order valence-electron chi connectivity index (χ1n) is 5.91. The van der Waals surface area contributed by atoms with Crippen molar-refractivity contribution >= 4 is 0 Å². The largest absolute Gasteiger partial charge is 0.307 e.